The Morgan fingerprint density at radius 2 is 1.94 bits per heavy atom. The average molecular weight is 241 g/mol. The van der Waals surface area contributed by atoms with Gasteiger partial charge < -0.3 is 14.8 Å². The fourth-order valence-electron chi connectivity index (χ4n) is 3.08. The molecule has 3 nitrogen and oxygen atoms in total. The first-order valence-corrected chi connectivity index (χ1v) is 7.26. The van der Waals surface area contributed by atoms with Gasteiger partial charge in [0.05, 0.1) is 19.3 Å². The van der Waals surface area contributed by atoms with E-state index in [1.54, 1.807) is 0 Å². The normalized spacial score (nSPS) is 28.4. The fourth-order valence-corrected chi connectivity index (χ4v) is 3.08. The van der Waals surface area contributed by atoms with Gasteiger partial charge in [0.25, 0.3) is 0 Å². The summed E-state index contributed by atoms with van der Waals surface area (Å²) in [7, 11) is 2.06. The molecule has 3 heteroatoms. The summed E-state index contributed by atoms with van der Waals surface area (Å²) in [6.45, 7) is 2.55. The maximum atomic E-state index is 5.85. The van der Waals surface area contributed by atoms with Crippen molar-refractivity contribution in [2.24, 2.45) is 5.92 Å². The molecule has 0 aromatic heterocycles. The summed E-state index contributed by atoms with van der Waals surface area (Å²) in [5, 5.41) is 3.42. The molecular weight excluding hydrogens is 214 g/mol. The Bertz CT molecular complexity index is 198. The van der Waals surface area contributed by atoms with Crippen molar-refractivity contribution < 1.29 is 9.47 Å². The second-order valence-corrected chi connectivity index (χ2v) is 5.47. The van der Waals surface area contributed by atoms with Crippen molar-refractivity contribution in [2.45, 2.75) is 57.1 Å². The number of nitrogens with one attached hydrogen (secondary N) is 1. The van der Waals surface area contributed by atoms with Crippen LogP contribution in [0.2, 0.25) is 0 Å². The quantitative estimate of drug-likeness (QED) is 0.774. The minimum atomic E-state index is 0.352. The molecule has 1 heterocycles. The minimum absolute atomic E-state index is 0.352. The number of likely N-dealkylation sites (N-methyl/N-ethyl adjacent to an activating group) is 1. The lowest BCUT2D eigenvalue weighted by atomic mass is 9.99. The molecule has 0 aromatic rings. The third-order valence-electron chi connectivity index (χ3n) is 4.21. The van der Waals surface area contributed by atoms with E-state index in [0.717, 1.165) is 25.7 Å². The smallest absolute Gasteiger partial charge is 0.0808 e. The maximum absolute atomic E-state index is 5.85. The molecule has 2 rings (SSSR count). The van der Waals surface area contributed by atoms with Crippen molar-refractivity contribution in [2.75, 3.05) is 26.9 Å². The zero-order valence-corrected chi connectivity index (χ0v) is 11.1. The lowest BCUT2D eigenvalue weighted by Crippen LogP contribution is -2.38. The van der Waals surface area contributed by atoms with Crippen LogP contribution in [0.3, 0.4) is 0 Å². The molecule has 0 bridgehead atoms. The van der Waals surface area contributed by atoms with E-state index >= 15 is 0 Å². The van der Waals surface area contributed by atoms with Crippen LogP contribution in [0.1, 0.15) is 44.9 Å². The lowest BCUT2D eigenvalue weighted by Gasteiger charge is -2.26. The van der Waals surface area contributed by atoms with E-state index in [9.17, 15) is 0 Å². The first-order chi connectivity index (χ1) is 8.40. The van der Waals surface area contributed by atoms with E-state index in [0.29, 0.717) is 12.1 Å². The molecule has 0 amide bonds. The van der Waals surface area contributed by atoms with Crippen molar-refractivity contribution in [1.29, 1.82) is 0 Å². The van der Waals surface area contributed by atoms with Crippen molar-refractivity contribution in [3.05, 3.63) is 0 Å². The Balaban J connectivity index is 1.61. The third kappa shape index (κ3) is 4.23. The van der Waals surface area contributed by atoms with Gasteiger partial charge in [-0.3, -0.25) is 0 Å². The first kappa shape index (κ1) is 13.3. The van der Waals surface area contributed by atoms with Crippen LogP contribution in [0.15, 0.2) is 0 Å². The summed E-state index contributed by atoms with van der Waals surface area (Å²) >= 11 is 0. The molecule has 1 saturated heterocycles. The number of hydrogen-bond donors (Lipinski definition) is 1. The van der Waals surface area contributed by atoms with Crippen LogP contribution < -0.4 is 5.32 Å². The van der Waals surface area contributed by atoms with Gasteiger partial charge in [-0.1, -0.05) is 12.8 Å². The van der Waals surface area contributed by atoms with Crippen LogP contribution in [0.5, 0.6) is 0 Å². The number of hydrogen-bond acceptors (Lipinski definition) is 3. The second-order valence-electron chi connectivity index (χ2n) is 5.47. The third-order valence-corrected chi connectivity index (χ3v) is 4.21. The van der Waals surface area contributed by atoms with Gasteiger partial charge in [0.15, 0.2) is 0 Å². The SMILES string of the molecule is CNC(COCC1CCCCO1)C1CCCC1. The Morgan fingerprint density at radius 3 is 2.59 bits per heavy atom. The molecule has 2 aliphatic rings. The Morgan fingerprint density at radius 1 is 1.18 bits per heavy atom. The molecule has 17 heavy (non-hydrogen) atoms. The minimum Gasteiger partial charge on any atom is -0.377 e. The van der Waals surface area contributed by atoms with E-state index in [4.69, 9.17) is 9.47 Å². The molecular formula is C14H27NO2. The van der Waals surface area contributed by atoms with Crippen LogP contribution in [-0.4, -0.2) is 39.0 Å². The summed E-state index contributed by atoms with van der Waals surface area (Å²) in [4.78, 5) is 0. The van der Waals surface area contributed by atoms with Crippen molar-refractivity contribution in [3.8, 4) is 0 Å². The van der Waals surface area contributed by atoms with Gasteiger partial charge in [0.1, 0.15) is 0 Å². The highest BCUT2D eigenvalue weighted by molar-refractivity contribution is 4.79. The zero-order valence-electron chi connectivity index (χ0n) is 11.1. The molecule has 1 aliphatic heterocycles. The average Bonchev–Trinajstić information content (AvgIpc) is 2.90. The van der Waals surface area contributed by atoms with Crippen molar-refractivity contribution in [3.63, 3.8) is 0 Å². The predicted molar refractivity (Wildman–Crippen MR) is 69.2 cm³/mol. The van der Waals surface area contributed by atoms with E-state index < -0.39 is 0 Å². The Labute approximate surface area is 105 Å². The topological polar surface area (TPSA) is 30.5 Å². The summed E-state index contributed by atoms with van der Waals surface area (Å²) in [6, 6.07) is 0.543. The lowest BCUT2D eigenvalue weighted by molar-refractivity contribution is -0.0461. The van der Waals surface area contributed by atoms with E-state index in [1.807, 2.05) is 0 Å². The van der Waals surface area contributed by atoms with Gasteiger partial charge in [0.2, 0.25) is 0 Å². The summed E-state index contributed by atoms with van der Waals surface area (Å²) in [5.41, 5.74) is 0. The van der Waals surface area contributed by atoms with E-state index in [1.165, 1.54) is 44.9 Å². The summed E-state index contributed by atoms with van der Waals surface area (Å²) in [5.74, 6) is 0.826. The number of ether oxygens (including phenoxy) is 2. The van der Waals surface area contributed by atoms with Gasteiger partial charge in [-0.25, -0.2) is 0 Å². The van der Waals surface area contributed by atoms with Gasteiger partial charge in [-0.2, -0.15) is 0 Å². The molecule has 1 saturated carbocycles. The highest BCUT2D eigenvalue weighted by Crippen LogP contribution is 2.27. The monoisotopic (exact) mass is 241 g/mol. The zero-order chi connectivity index (χ0) is 11.9. The molecule has 2 atom stereocenters. The van der Waals surface area contributed by atoms with Crippen molar-refractivity contribution >= 4 is 0 Å². The van der Waals surface area contributed by atoms with Crippen LogP contribution in [0.25, 0.3) is 0 Å². The molecule has 1 aliphatic carbocycles. The highest BCUT2D eigenvalue weighted by atomic mass is 16.5. The largest absolute Gasteiger partial charge is 0.377 e. The Hall–Kier alpha value is -0.120. The fraction of sp³-hybridized carbons (Fsp3) is 1.00. The molecule has 0 spiro atoms. The summed E-state index contributed by atoms with van der Waals surface area (Å²) < 4.78 is 11.5. The van der Waals surface area contributed by atoms with Crippen molar-refractivity contribution in [1.82, 2.24) is 5.32 Å². The first-order valence-electron chi connectivity index (χ1n) is 7.26. The standard InChI is InChI=1S/C14H27NO2/c1-15-14(12-6-2-3-7-12)11-16-10-13-8-4-5-9-17-13/h12-15H,2-11H2,1H3. The summed E-state index contributed by atoms with van der Waals surface area (Å²) in [6.07, 6.45) is 9.58. The van der Waals surface area contributed by atoms with Gasteiger partial charge >= 0.3 is 0 Å². The van der Waals surface area contributed by atoms with Crippen LogP contribution in [0, 0.1) is 5.92 Å². The van der Waals surface area contributed by atoms with Crippen LogP contribution in [0.4, 0.5) is 0 Å². The molecule has 100 valence electrons. The molecule has 0 aromatic carbocycles. The number of rotatable bonds is 6. The van der Waals surface area contributed by atoms with Gasteiger partial charge in [-0.15, -0.1) is 0 Å². The maximum Gasteiger partial charge on any atom is 0.0808 e. The van der Waals surface area contributed by atoms with Gasteiger partial charge in [-0.05, 0) is 45.1 Å². The molecule has 1 N–H and O–H groups in total. The van der Waals surface area contributed by atoms with Gasteiger partial charge in [0, 0.05) is 12.6 Å². The molecule has 0 radical (unpaired) electrons. The molecule has 2 fully saturated rings. The van der Waals surface area contributed by atoms with E-state index in [2.05, 4.69) is 12.4 Å². The van der Waals surface area contributed by atoms with Crippen LogP contribution >= 0.6 is 0 Å². The Kier molecular flexibility index (Phi) is 5.75. The predicted octanol–water partition coefficient (Wildman–Crippen LogP) is 2.35. The highest BCUT2D eigenvalue weighted by Gasteiger charge is 2.24. The second kappa shape index (κ2) is 7.34. The molecule has 2 unspecified atom stereocenters. The van der Waals surface area contributed by atoms with E-state index in [-0.39, 0.29) is 0 Å². The van der Waals surface area contributed by atoms with Crippen LogP contribution in [-0.2, 0) is 9.47 Å².